The van der Waals surface area contributed by atoms with Crippen LogP contribution in [-0.2, 0) is 9.36 Å². The Morgan fingerprint density at radius 2 is 2.00 bits per heavy atom. The molecule has 7 nitrogen and oxygen atoms in total. The van der Waals surface area contributed by atoms with Gasteiger partial charge in [0.05, 0.1) is 0 Å². The van der Waals surface area contributed by atoms with E-state index < -0.39 is 25.0 Å². The molecule has 0 aromatic heterocycles. The Bertz CT molecular complexity index is 551. The van der Waals surface area contributed by atoms with Crippen LogP contribution in [0.1, 0.15) is 23.2 Å². The number of nitrogens with two attached hydrogens (primary N) is 2. The third-order valence-electron chi connectivity index (χ3n) is 3.19. The molecule has 0 radical (unpaired) electrons. The van der Waals surface area contributed by atoms with Crippen LogP contribution in [0.25, 0.3) is 0 Å². The number of piperidine rings is 1. The van der Waals surface area contributed by atoms with Crippen LogP contribution in [0.3, 0.4) is 0 Å². The van der Waals surface area contributed by atoms with E-state index >= 15 is 0 Å². The average molecular weight is 295 g/mol. The molecule has 1 saturated heterocycles. The molecule has 1 aromatic carbocycles. The number of hydrazine groups is 1. The molecule has 8 heteroatoms. The van der Waals surface area contributed by atoms with Crippen molar-refractivity contribution in [2.75, 3.05) is 6.54 Å². The van der Waals surface area contributed by atoms with Gasteiger partial charge in [0.1, 0.15) is 0 Å². The number of nitrogens with one attached hydrogen (secondary N) is 1. The molecule has 1 fully saturated rings. The Kier molecular flexibility index (Phi) is 4.13. The number of benzene rings is 1. The van der Waals surface area contributed by atoms with Gasteiger partial charge in [-0.05, 0) is 23.1 Å². The van der Waals surface area contributed by atoms with E-state index in [4.69, 9.17) is 11.6 Å². The minimum atomic E-state index is -2.45. The minimum absolute atomic E-state index is 0.226. The summed E-state index contributed by atoms with van der Waals surface area (Å²) >= 11 is 0. The normalized spacial score (nSPS) is 23.4. The van der Waals surface area contributed by atoms with Crippen molar-refractivity contribution < 1.29 is 14.2 Å². The van der Waals surface area contributed by atoms with Crippen LogP contribution in [0.5, 0.6) is 0 Å². The van der Waals surface area contributed by atoms with E-state index in [0.29, 0.717) is 18.5 Å². The third-order valence-corrected chi connectivity index (χ3v) is 4.74. The van der Waals surface area contributed by atoms with Crippen molar-refractivity contribution in [3.8, 4) is 0 Å². The molecule has 2 amide bonds. The summed E-state index contributed by atoms with van der Waals surface area (Å²) in [6.07, 6.45) is 0.769. The predicted molar refractivity (Wildman–Crippen MR) is 73.6 cm³/mol. The van der Waals surface area contributed by atoms with Gasteiger partial charge < -0.3 is 0 Å². The zero-order valence-corrected chi connectivity index (χ0v) is 11.7. The fraction of sp³-hybridized carbons (Fsp3) is 0.333. The first-order valence-corrected chi connectivity index (χ1v) is 7.40. The summed E-state index contributed by atoms with van der Waals surface area (Å²) in [5, 5.41) is 1.62. The number of carbonyl (C=O) groups is 2. The van der Waals surface area contributed by atoms with Gasteiger partial charge >= 0.3 is 19.1 Å². The van der Waals surface area contributed by atoms with Gasteiger partial charge in [-0.3, -0.25) is 20.3 Å². The van der Waals surface area contributed by atoms with Gasteiger partial charge in [-0.2, -0.15) is 0 Å². The summed E-state index contributed by atoms with van der Waals surface area (Å²) in [7, 11) is -2.45. The van der Waals surface area contributed by atoms with E-state index in [2.05, 4.69) is 5.09 Å². The topological polar surface area (TPSA) is 119 Å². The smallest absolute Gasteiger partial charge is 0.275 e. The van der Waals surface area contributed by atoms with Gasteiger partial charge in [-0.15, -0.1) is 5.09 Å². The van der Waals surface area contributed by atoms with E-state index in [1.54, 1.807) is 30.3 Å². The summed E-state index contributed by atoms with van der Waals surface area (Å²) in [6, 6.07) is 8.30. The maximum atomic E-state index is 12.2. The highest BCUT2D eigenvalue weighted by Gasteiger charge is 2.57. The molecule has 1 heterocycles. The zero-order chi connectivity index (χ0) is 14.8. The summed E-state index contributed by atoms with van der Waals surface area (Å²) < 4.78 is 12.2. The number of carbonyl (C=O) groups excluding carboxylic acids is 2. The highest BCUT2D eigenvalue weighted by molar-refractivity contribution is 7.46. The molecule has 0 bridgehead atoms. The van der Waals surface area contributed by atoms with Gasteiger partial charge in [-0.1, -0.05) is 18.2 Å². The van der Waals surface area contributed by atoms with Gasteiger partial charge in [0.25, 0.3) is 5.91 Å². The van der Waals surface area contributed by atoms with Crippen LogP contribution >= 0.6 is 7.95 Å². The number of nitrogens with zero attached hydrogens (tertiary/aromatic N) is 1. The third kappa shape index (κ3) is 2.70. The molecule has 1 unspecified atom stereocenters. The van der Waals surface area contributed by atoms with E-state index in [-0.39, 0.29) is 6.42 Å². The van der Waals surface area contributed by atoms with Gasteiger partial charge in [0.2, 0.25) is 0 Å². The largest absolute Gasteiger partial charge is 0.495 e. The second-order valence-corrected chi connectivity index (χ2v) is 6.24. The van der Waals surface area contributed by atoms with E-state index in [1.807, 2.05) is 0 Å². The van der Waals surface area contributed by atoms with Crippen molar-refractivity contribution in [3.05, 3.63) is 35.9 Å². The van der Waals surface area contributed by atoms with E-state index in [9.17, 15) is 14.2 Å². The van der Waals surface area contributed by atoms with E-state index in [1.165, 1.54) is 0 Å². The van der Waals surface area contributed by atoms with E-state index in [0.717, 1.165) is 5.01 Å². The maximum absolute atomic E-state index is 12.2. The molecule has 1 aromatic rings. The summed E-state index contributed by atoms with van der Waals surface area (Å²) in [5.74, 6) is 4.35. The Balaban J connectivity index is 2.12. The van der Waals surface area contributed by atoms with Crippen molar-refractivity contribution in [1.29, 1.82) is 0 Å². The molecule has 0 aliphatic carbocycles. The van der Waals surface area contributed by atoms with Crippen molar-refractivity contribution >= 4 is 19.8 Å². The molecule has 1 aliphatic heterocycles. The summed E-state index contributed by atoms with van der Waals surface area (Å²) in [5.41, 5.74) is 6.25. The molecule has 2 rings (SSSR count). The quantitative estimate of drug-likeness (QED) is 0.421. The minimum Gasteiger partial charge on any atom is -0.275 e. The lowest BCUT2D eigenvalue weighted by Gasteiger charge is -2.28. The maximum Gasteiger partial charge on any atom is 0.495 e. The van der Waals surface area contributed by atoms with Crippen molar-refractivity contribution in [1.82, 2.24) is 10.1 Å². The first-order chi connectivity index (χ1) is 9.45. The SMILES string of the molecule is NN1CCC[C@](N)([P+](=O)NC(=O)c2ccccc2)C1=O. The Morgan fingerprint density at radius 1 is 1.35 bits per heavy atom. The number of amides is 2. The van der Waals surface area contributed by atoms with Gasteiger partial charge in [-0.25, -0.2) is 5.84 Å². The van der Waals surface area contributed by atoms with Crippen LogP contribution in [0.2, 0.25) is 0 Å². The standard InChI is InChI=1S/C12H15N4O3P/c13-12(7-4-8-16(14)11(12)18)20(19)15-10(17)9-5-2-1-3-6-9/h1-3,5-6H,4,7-8,13-14H2/p+1/t12-/m0/s1. The predicted octanol–water partition coefficient (Wildman–Crippen LogP) is 0.310. The van der Waals surface area contributed by atoms with Crippen LogP contribution in [0, 0.1) is 0 Å². The first kappa shape index (κ1) is 14.6. The molecular formula is C12H16N4O3P+. The second-order valence-electron chi connectivity index (χ2n) is 4.63. The monoisotopic (exact) mass is 295 g/mol. The fourth-order valence-corrected chi connectivity index (χ4v) is 3.19. The average Bonchev–Trinajstić information content (AvgIpc) is 2.45. The summed E-state index contributed by atoms with van der Waals surface area (Å²) in [4.78, 5) is 23.9. The Morgan fingerprint density at radius 3 is 2.65 bits per heavy atom. The van der Waals surface area contributed by atoms with Gasteiger partial charge in [0.15, 0.2) is 0 Å². The van der Waals surface area contributed by atoms with Crippen LogP contribution in [0.15, 0.2) is 30.3 Å². The number of rotatable bonds is 3. The molecular weight excluding hydrogens is 279 g/mol. The first-order valence-electron chi connectivity index (χ1n) is 6.14. The number of hydrogen-bond acceptors (Lipinski definition) is 5. The van der Waals surface area contributed by atoms with Crippen molar-refractivity contribution in [2.45, 2.75) is 18.1 Å². The van der Waals surface area contributed by atoms with Crippen molar-refractivity contribution in [3.63, 3.8) is 0 Å². The molecule has 0 saturated carbocycles. The molecule has 0 spiro atoms. The van der Waals surface area contributed by atoms with Crippen molar-refractivity contribution in [2.24, 2.45) is 11.6 Å². The zero-order valence-electron chi connectivity index (χ0n) is 10.8. The molecule has 1 aliphatic rings. The highest BCUT2D eigenvalue weighted by atomic mass is 31.1. The lowest BCUT2D eigenvalue weighted by molar-refractivity contribution is -0.136. The lowest BCUT2D eigenvalue weighted by atomic mass is 10.1. The molecule has 5 N–H and O–H groups in total. The number of hydrogen-bond donors (Lipinski definition) is 3. The summed E-state index contributed by atoms with van der Waals surface area (Å²) in [6.45, 7) is 0.369. The lowest BCUT2D eigenvalue weighted by Crippen LogP contribution is -2.60. The molecule has 106 valence electrons. The molecule has 20 heavy (non-hydrogen) atoms. The van der Waals surface area contributed by atoms with Crippen LogP contribution in [0.4, 0.5) is 0 Å². The highest BCUT2D eigenvalue weighted by Crippen LogP contribution is 2.38. The Labute approximate surface area is 117 Å². The fourth-order valence-electron chi connectivity index (χ4n) is 2.01. The molecule has 2 atom stereocenters. The Hall–Kier alpha value is -1.82. The van der Waals surface area contributed by atoms with Gasteiger partial charge in [0, 0.05) is 18.5 Å². The van der Waals surface area contributed by atoms with Crippen LogP contribution < -0.4 is 16.7 Å². The second kappa shape index (κ2) is 5.66. The van der Waals surface area contributed by atoms with Crippen LogP contribution in [-0.4, -0.2) is 28.6 Å².